The SMILES string of the molecule is CCOc1cc(C2C(C(=O)Nc3ccccc3OC)=C(C)Nc3nc(SCc4ccccc4Cl)nn32)ccc1OC. The molecule has 0 radical (unpaired) electrons. The molecule has 0 saturated carbocycles. The van der Waals surface area contributed by atoms with Crippen molar-refractivity contribution >= 4 is 40.9 Å². The molecule has 1 unspecified atom stereocenters. The van der Waals surface area contributed by atoms with Crippen molar-refractivity contribution in [1.29, 1.82) is 0 Å². The zero-order valence-corrected chi connectivity index (χ0v) is 24.7. The highest BCUT2D eigenvalue weighted by molar-refractivity contribution is 7.98. The summed E-state index contributed by atoms with van der Waals surface area (Å²) in [7, 11) is 3.16. The number of fused-ring (bicyclic) bond motifs is 1. The van der Waals surface area contributed by atoms with Gasteiger partial charge in [0.15, 0.2) is 11.5 Å². The van der Waals surface area contributed by atoms with E-state index in [1.54, 1.807) is 31.0 Å². The standard InChI is InChI=1S/C30H30ClN5O4S/c1-5-40-25-16-19(14-15-24(25)39-4)27-26(28(37)33-22-12-8-9-13-23(22)38-3)18(2)32-29-34-30(35-36(27)29)41-17-20-10-6-7-11-21(20)31/h6-16,27H,5,17H2,1-4H3,(H,33,37)(H,32,34,35). The summed E-state index contributed by atoms with van der Waals surface area (Å²) < 4.78 is 18.6. The van der Waals surface area contributed by atoms with Crippen molar-refractivity contribution in [3.63, 3.8) is 0 Å². The van der Waals surface area contributed by atoms with Crippen molar-refractivity contribution in [2.24, 2.45) is 0 Å². The number of halogens is 1. The van der Waals surface area contributed by atoms with E-state index in [0.717, 1.165) is 11.1 Å². The Bertz CT molecular complexity index is 1610. The third-order valence-corrected chi connectivity index (χ3v) is 7.81. The fourth-order valence-electron chi connectivity index (χ4n) is 4.62. The number of ether oxygens (including phenoxy) is 3. The fourth-order valence-corrected chi connectivity index (χ4v) is 5.74. The van der Waals surface area contributed by atoms with Crippen molar-refractivity contribution in [3.8, 4) is 17.2 Å². The number of benzene rings is 3. The average Bonchev–Trinajstić information content (AvgIpc) is 3.38. The molecule has 3 aromatic carbocycles. The van der Waals surface area contributed by atoms with Gasteiger partial charge in [-0.3, -0.25) is 4.79 Å². The first kappa shape index (κ1) is 28.4. The highest BCUT2D eigenvalue weighted by atomic mass is 35.5. The molecule has 212 valence electrons. The Kier molecular flexibility index (Phi) is 8.70. The maximum atomic E-state index is 13.9. The van der Waals surface area contributed by atoms with Crippen LogP contribution in [0.3, 0.4) is 0 Å². The molecular formula is C30H30ClN5O4S. The van der Waals surface area contributed by atoms with Gasteiger partial charge in [0, 0.05) is 16.5 Å². The summed E-state index contributed by atoms with van der Waals surface area (Å²) in [5, 5.41) is 12.4. The number of hydrogen-bond donors (Lipinski definition) is 2. The number of carbonyl (C=O) groups is 1. The van der Waals surface area contributed by atoms with E-state index in [9.17, 15) is 4.79 Å². The minimum atomic E-state index is -0.603. The molecular weight excluding hydrogens is 562 g/mol. The summed E-state index contributed by atoms with van der Waals surface area (Å²) >= 11 is 7.83. The van der Waals surface area contributed by atoms with Gasteiger partial charge in [-0.1, -0.05) is 59.8 Å². The number of methoxy groups -OCH3 is 2. The van der Waals surface area contributed by atoms with Gasteiger partial charge < -0.3 is 24.8 Å². The molecule has 1 aromatic heterocycles. The second-order valence-electron chi connectivity index (χ2n) is 9.11. The Morgan fingerprint density at radius 2 is 1.80 bits per heavy atom. The molecule has 0 saturated heterocycles. The lowest BCUT2D eigenvalue weighted by molar-refractivity contribution is -0.113. The zero-order chi connectivity index (χ0) is 28.9. The van der Waals surface area contributed by atoms with Crippen LogP contribution < -0.4 is 24.8 Å². The number of allylic oxidation sites excluding steroid dienone is 1. The second-order valence-corrected chi connectivity index (χ2v) is 10.5. The van der Waals surface area contributed by atoms with E-state index in [4.69, 9.17) is 35.9 Å². The lowest BCUT2D eigenvalue weighted by atomic mass is 9.94. The zero-order valence-electron chi connectivity index (χ0n) is 23.1. The molecule has 0 spiro atoms. The fraction of sp³-hybridized carbons (Fsp3) is 0.233. The molecule has 2 heterocycles. The maximum absolute atomic E-state index is 13.9. The van der Waals surface area contributed by atoms with Crippen LogP contribution in [0.2, 0.25) is 5.02 Å². The Labute approximate surface area is 247 Å². The quantitative estimate of drug-likeness (QED) is 0.200. The molecule has 1 atom stereocenters. The summed E-state index contributed by atoms with van der Waals surface area (Å²) in [6, 6.07) is 20.0. The Balaban J connectivity index is 1.55. The molecule has 0 aliphatic carbocycles. The molecule has 1 aliphatic rings. The first-order valence-electron chi connectivity index (χ1n) is 13.0. The van der Waals surface area contributed by atoms with Crippen LogP contribution in [0.4, 0.5) is 11.6 Å². The average molecular weight is 592 g/mol. The van der Waals surface area contributed by atoms with Gasteiger partial charge in [-0.05, 0) is 55.3 Å². The number of carbonyl (C=O) groups excluding carboxylic acids is 1. The van der Waals surface area contributed by atoms with Crippen LogP contribution in [-0.2, 0) is 10.5 Å². The number of hydrogen-bond acceptors (Lipinski definition) is 8. The molecule has 1 amide bonds. The third kappa shape index (κ3) is 5.98. The lowest BCUT2D eigenvalue weighted by Crippen LogP contribution is -2.31. The van der Waals surface area contributed by atoms with Crippen molar-refractivity contribution in [3.05, 3.63) is 94.1 Å². The minimum Gasteiger partial charge on any atom is -0.495 e. The van der Waals surface area contributed by atoms with Crippen LogP contribution in [0.1, 0.15) is 31.0 Å². The Hall–Kier alpha value is -4.15. The van der Waals surface area contributed by atoms with Crippen LogP contribution in [0, 0.1) is 0 Å². The van der Waals surface area contributed by atoms with Gasteiger partial charge in [-0.15, -0.1) is 5.10 Å². The first-order valence-corrected chi connectivity index (χ1v) is 14.4. The topological polar surface area (TPSA) is 99.5 Å². The molecule has 0 fully saturated rings. The molecule has 2 N–H and O–H groups in total. The minimum absolute atomic E-state index is 0.301. The lowest BCUT2D eigenvalue weighted by Gasteiger charge is -2.29. The van der Waals surface area contributed by atoms with Crippen LogP contribution in [0.5, 0.6) is 17.2 Å². The van der Waals surface area contributed by atoms with Crippen molar-refractivity contribution in [1.82, 2.24) is 14.8 Å². The summed E-state index contributed by atoms with van der Waals surface area (Å²) in [4.78, 5) is 18.7. The number of anilines is 2. The Morgan fingerprint density at radius 3 is 2.56 bits per heavy atom. The van der Waals surface area contributed by atoms with Crippen LogP contribution in [0.25, 0.3) is 0 Å². The van der Waals surface area contributed by atoms with Gasteiger partial charge in [0.2, 0.25) is 11.1 Å². The number of para-hydroxylation sites is 2. The van der Waals surface area contributed by atoms with E-state index in [1.165, 1.54) is 11.8 Å². The van der Waals surface area contributed by atoms with Gasteiger partial charge >= 0.3 is 0 Å². The van der Waals surface area contributed by atoms with Crippen molar-refractivity contribution in [2.45, 2.75) is 30.8 Å². The molecule has 41 heavy (non-hydrogen) atoms. The summed E-state index contributed by atoms with van der Waals surface area (Å²) in [6.45, 7) is 4.22. The van der Waals surface area contributed by atoms with Gasteiger partial charge in [0.1, 0.15) is 11.8 Å². The van der Waals surface area contributed by atoms with Gasteiger partial charge in [-0.25, -0.2) is 4.68 Å². The molecule has 0 bridgehead atoms. The van der Waals surface area contributed by atoms with Gasteiger partial charge in [0.05, 0.1) is 32.1 Å². The van der Waals surface area contributed by atoms with E-state index >= 15 is 0 Å². The monoisotopic (exact) mass is 591 g/mol. The summed E-state index contributed by atoms with van der Waals surface area (Å²) in [5.74, 6) is 2.55. The molecule has 5 rings (SSSR count). The van der Waals surface area contributed by atoms with E-state index in [1.807, 2.05) is 68.4 Å². The predicted molar refractivity (Wildman–Crippen MR) is 161 cm³/mol. The summed E-state index contributed by atoms with van der Waals surface area (Å²) in [5.41, 5.74) is 3.46. The van der Waals surface area contributed by atoms with Crippen LogP contribution in [0.15, 0.2) is 83.2 Å². The molecule has 9 nitrogen and oxygen atoms in total. The number of aromatic nitrogens is 3. The Morgan fingerprint density at radius 1 is 1.05 bits per heavy atom. The number of nitrogens with one attached hydrogen (secondary N) is 2. The number of thioether (sulfide) groups is 1. The predicted octanol–water partition coefficient (Wildman–Crippen LogP) is 6.57. The molecule has 4 aromatic rings. The number of nitrogens with zero attached hydrogens (tertiary/aromatic N) is 3. The molecule has 11 heteroatoms. The third-order valence-electron chi connectivity index (χ3n) is 6.55. The normalized spacial score (nSPS) is 14.2. The van der Waals surface area contributed by atoms with E-state index < -0.39 is 6.04 Å². The van der Waals surface area contributed by atoms with Gasteiger partial charge in [0.25, 0.3) is 5.91 Å². The smallest absolute Gasteiger partial charge is 0.255 e. The van der Waals surface area contributed by atoms with Crippen LogP contribution >= 0.6 is 23.4 Å². The largest absolute Gasteiger partial charge is 0.495 e. The van der Waals surface area contributed by atoms with E-state index in [-0.39, 0.29) is 5.91 Å². The summed E-state index contributed by atoms with van der Waals surface area (Å²) in [6.07, 6.45) is 0. The first-order chi connectivity index (χ1) is 19.9. The highest BCUT2D eigenvalue weighted by Gasteiger charge is 2.35. The van der Waals surface area contributed by atoms with Gasteiger partial charge in [-0.2, -0.15) is 4.98 Å². The van der Waals surface area contributed by atoms with Crippen molar-refractivity contribution < 1.29 is 19.0 Å². The second kappa shape index (κ2) is 12.6. The maximum Gasteiger partial charge on any atom is 0.255 e. The highest BCUT2D eigenvalue weighted by Crippen LogP contribution is 2.40. The van der Waals surface area contributed by atoms with E-state index in [2.05, 4.69) is 10.6 Å². The van der Waals surface area contributed by atoms with Crippen LogP contribution in [-0.4, -0.2) is 41.5 Å². The number of rotatable bonds is 10. The number of amides is 1. The van der Waals surface area contributed by atoms with E-state index in [0.29, 0.717) is 62.7 Å². The molecule has 1 aliphatic heterocycles. The van der Waals surface area contributed by atoms with Crippen molar-refractivity contribution in [2.75, 3.05) is 31.5 Å².